The van der Waals surface area contributed by atoms with Gasteiger partial charge in [-0.15, -0.1) is 0 Å². The molecule has 1 N–H and O–H groups in total. The van der Waals surface area contributed by atoms with Crippen LogP contribution in [-0.2, 0) is 20.8 Å². The molecule has 0 unspecified atom stereocenters. The summed E-state index contributed by atoms with van der Waals surface area (Å²) in [6.45, 7) is 6.63. The third-order valence-electron chi connectivity index (χ3n) is 5.66. The number of anilines is 1. The summed E-state index contributed by atoms with van der Waals surface area (Å²) in [5, 5.41) is 2.76. The number of amides is 1. The Balaban J connectivity index is 1.74. The first kappa shape index (κ1) is 26.1. The van der Waals surface area contributed by atoms with E-state index >= 15 is 0 Å². The van der Waals surface area contributed by atoms with Crippen molar-refractivity contribution in [3.63, 3.8) is 0 Å². The Kier molecular flexibility index (Phi) is 9.39. The third-order valence-corrected chi connectivity index (χ3v) is 6.18. The fourth-order valence-electron chi connectivity index (χ4n) is 3.99. The zero-order chi connectivity index (χ0) is 24.6. The van der Waals surface area contributed by atoms with E-state index in [1.54, 1.807) is 20.8 Å². The minimum absolute atomic E-state index is 0.0673. The number of ether oxygens (including phenoxy) is 2. The van der Waals surface area contributed by atoms with Gasteiger partial charge >= 0.3 is 12.1 Å². The average molecular weight is 531 g/mol. The molecule has 6 nitrogen and oxygen atoms in total. The molecule has 1 fully saturated rings. The molecule has 1 aliphatic rings. The fourth-order valence-corrected chi connectivity index (χ4v) is 4.26. The molecule has 7 heteroatoms. The Morgan fingerprint density at radius 2 is 1.71 bits per heavy atom. The summed E-state index contributed by atoms with van der Waals surface area (Å²) in [6, 6.07) is 17.5. The van der Waals surface area contributed by atoms with Crippen LogP contribution in [0.15, 0.2) is 59.1 Å². The first-order chi connectivity index (χ1) is 16.2. The lowest BCUT2D eigenvalue weighted by atomic mass is 10.1. The number of rotatable bonds is 9. The minimum Gasteiger partial charge on any atom is -0.461 e. The van der Waals surface area contributed by atoms with E-state index in [1.165, 1.54) is 0 Å². The van der Waals surface area contributed by atoms with Crippen LogP contribution in [0.5, 0.6) is 0 Å². The quantitative estimate of drug-likeness (QED) is 0.389. The predicted molar refractivity (Wildman–Crippen MR) is 138 cm³/mol. The van der Waals surface area contributed by atoms with Gasteiger partial charge in [-0.3, -0.25) is 0 Å². The lowest BCUT2D eigenvalue weighted by molar-refractivity contribution is -0.151. The molecular formula is C27H35BrN2O4. The summed E-state index contributed by atoms with van der Waals surface area (Å²) in [5.41, 5.74) is 1.55. The van der Waals surface area contributed by atoms with Crippen LogP contribution >= 0.6 is 15.9 Å². The Morgan fingerprint density at radius 1 is 1.06 bits per heavy atom. The molecule has 2 aromatic rings. The van der Waals surface area contributed by atoms with Crippen molar-refractivity contribution in [1.82, 2.24) is 5.32 Å². The normalized spacial score (nSPS) is 14.9. The monoisotopic (exact) mass is 530 g/mol. The van der Waals surface area contributed by atoms with Gasteiger partial charge in [-0.05, 0) is 82.7 Å². The molecule has 3 rings (SSSR count). The average Bonchev–Trinajstić information content (AvgIpc) is 3.28. The summed E-state index contributed by atoms with van der Waals surface area (Å²) in [6.07, 6.45) is 3.61. The topological polar surface area (TPSA) is 67.9 Å². The zero-order valence-corrected chi connectivity index (χ0v) is 21.8. The van der Waals surface area contributed by atoms with Crippen molar-refractivity contribution in [3.8, 4) is 0 Å². The summed E-state index contributed by atoms with van der Waals surface area (Å²) in [5.74, 6) is -0.395. The number of benzene rings is 2. The summed E-state index contributed by atoms with van der Waals surface area (Å²) in [7, 11) is 0. The molecule has 0 radical (unpaired) electrons. The van der Waals surface area contributed by atoms with Crippen molar-refractivity contribution in [1.29, 1.82) is 0 Å². The van der Waals surface area contributed by atoms with Gasteiger partial charge in [-0.2, -0.15) is 0 Å². The van der Waals surface area contributed by atoms with Crippen molar-refractivity contribution < 1.29 is 19.1 Å². The molecule has 1 saturated carbocycles. The highest BCUT2D eigenvalue weighted by Crippen LogP contribution is 2.23. The van der Waals surface area contributed by atoms with Gasteiger partial charge in [0.15, 0.2) is 0 Å². The molecule has 0 heterocycles. The predicted octanol–water partition coefficient (Wildman–Crippen LogP) is 6.22. The van der Waals surface area contributed by atoms with Crippen LogP contribution in [0.2, 0.25) is 0 Å². The van der Waals surface area contributed by atoms with Crippen LogP contribution in [-0.4, -0.2) is 36.4 Å². The van der Waals surface area contributed by atoms with E-state index < -0.39 is 23.7 Å². The molecule has 0 spiro atoms. The molecule has 0 saturated heterocycles. The maximum atomic E-state index is 13.0. The second kappa shape index (κ2) is 12.2. The van der Waals surface area contributed by atoms with E-state index in [2.05, 4.69) is 38.3 Å². The van der Waals surface area contributed by atoms with Crippen molar-refractivity contribution in [2.75, 3.05) is 11.4 Å². The summed E-state index contributed by atoms with van der Waals surface area (Å²) >= 11 is 3.49. The lowest BCUT2D eigenvalue weighted by Crippen LogP contribution is -2.46. The Hall–Kier alpha value is -2.54. The van der Waals surface area contributed by atoms with Crippen LogP contribution in [0, 0.1) is 0 Å². The number of hydrogen-bond donors (Lipinski definition) is 1. The van der Waals surface area contributed by atoms with Crippen molar-refractivity contribution >= 4 is 33.7 Å². The maximum absolute atomic E-state index is 13.0. The summed E-state index contributed by atoms with van der Waals surface area (Å²) < 4.78 is 12.2. The van der Waals surface area contributed by atoms with Crippen LogP contribution in [0.4, 0.5) is 10.5 Å². The molecule has 1 aliphatic carbocycles. The second-order valence-electron chi connectivity index (χ2n) is 9.71. The minimum atomic E-state index is -0.788. The van der Waals surface area contributed by atoms with Gasteiger partial charge in [0.05, 0.1) is 0 Å². The largest absolute Gasteiger partial charge is 0.461 e. The number of halogens is 1. The van der Waals surface area contributed by atoms with Gasteiger partial charge in [-0.1, -0.05) is 46.3 Å². The number of carbonyl (C=O) groups excluding carboxylic acids is 2. The van der Waals surface area contributed by atoms with Crippen LogP contribution in [0.25, 0.3) is 0 Å². The first-order valence-corrected chi connectivity index (χ1v) is 12.7. The smallest absolute Gasteiger partial charge is 0.408 e. The number of hydrogen-bond acceptors (Lipinski definition) is 5. The molecular weight excluding hydrogens is 496 g/mol. The van der Waals surface area contributed by atoms with Gasteiger partial charge in [0.25, 0.3) is 0 Å². The van der Waals surface area contributed by atoms with E-state index in [1.807, 2.05) is 42.5 Å². The highest BCUT2D eigenvalue weighted by atomic mass is 79.9. The van der Waals surface area contributed by atoms with Crippen LogP contribution in [0.3, 0.4) is 0 Å². The third kappa shape index (κ3) is 8.67. The Morgan fingerprint density at radius 3 is 2.32 bits per heavy atom. The molecule has 0 bridgehead atoms. The fraction of sp³-hybridized carbons (Fsp3) is 0.481. The van der Waals surface area contributed by atoms with Crippen molar-refractivity contribution in [2.24, 2.45) is 0 Å². The number of carbonyl (C=O) groups is 2. The van der Waals surface area contributed by atoms with E-state index in [0.717, 1.165) is 41.4 Å². The number of nitrogens with zero attached hydrogens (tertiary/aromatic N) is 1. The molecule has 184 valence electrons. The van der Waals surface area contributed by atoms with Gasteiger partial charge < -0.3 is 19.7 Å². The Bertz CT molecular complexity index is 922. The molecule has 2 aromatic carbocycles. The highest BCUT2D eigenvalue weighted by Gasteiger charge is 2.29. The number of esters is 1. The van der Waals surface area contributed by atoms with Crippen molar-refractivity contribution in [3.05, 3.63) is 64.6 Å². The van der Waals surface area contributed by atoms with Crippen molar-refractivity contribution in [2.45, 2.75) is 77.2 Å². The maximum Gasteiger partial charge on any atom is 0.408 e. The van der Waals surface area contributed by atoms with E-state index in [0.29, 0.717) is 19.5 Å². The summed E-state index contributed by atoms with van der Waals surface area (Å²) in [4.78, 5) is 27.7. The first-order valence-electron chi connectivity index (χ1n) is 11.9. The van der Waals surface area contributed by atoms with Gasteiger partial charge in [-0.25, -0.2) is 9.59 Å². The molecule has 1 atom stereocenters. The molecule has 34 heavy (non-hydrogen) atoms. The van der Waals surface area contributed by atoms with E-state index in [9.17, 15) is 9.59 Å². The SMILES string of the molecule is CC(C)(C)OC(=O)N[C@@H](CCN(Cc1ccccc1)c1ccc(Br)cc1)C(=O)OC1CCCC1. The van der Waals surface area contributed by atoms with Gasteiger partial charge in [0.1, 0.15) is 17.7 Å². The standard InChI is InChI=1S/C27H35BrN2O4/c1-27(2,3)34-26(32)29-24(25(31)33-23-11-7-8-12-23)17-18-30(19-20-9-5-4-6-10-20)22-15-13-21(28)14-16-22/h4-6,9-10,13-16,23-24H,7-8,11-12,17-19H2,1-3H3,(H,29,32)/t24-/m0/s1. The molecule has 0 aromatic heterocycles. The van der Waals surface area contributed by atoms with Crippen LogP contribution in [0.1, 0.15) is 58.4 Å². The van der Waals surface area contributed by atoms with E-state index in [-0.39, 0.29) is 6.10 Å². The number of alkyl carbamates (subject to hydrolysis) is 1. The second-order valence-corrected chi connectivity index (χ2v) is 10.6. The van der Waals surface area contributed by atoms with Crippen LogP contribution < -0.4 is 10.2 Å². The number of nitrogens with one attached hydrogen (secondary N) is 1. The molecule has 0 aliphatic heterocycles. The zero-order valence-electron chi connectivity index (χ0n) is 20.3. The van der Waals surface area contributed by atoms with Gasteiger partial charge in [0, 0.05) is 23.2 Å². The molecule has 1 amide bonds. The lowest BCUT2D eigenvalue weighted by Gasteiger charge is -2.28. The van der Waals surface area contributed by atoms with E-state index in [4.69, 9.17) is 9.47 Å². The Labute approximate surface area is 211 Å². The highest BCUT2D eigenvalue weighted by molar-refractivity contribution is 9.10. The van der Waals surface area contributed by atoms with Gasteiger partial charge in [0.2, 0.25) is 0 Å².